The Morgan fingerprint density at radius 3 is 2.60 bits per heavy atom. The minimum atomic E-state index is -0.926. The van der Waals surface area contributed by atoms with Crippen molar-refractivity contribution in [3.05, 3.63) is 5.21 Å². The van der Waals surface area contributed by atoms with Gasteiger partial charge in [-0.05, 0) is 0 Å². The lowest BCUT2D eigenvalue weighted by Gasteiger charge is -2.35. The van der Waals surface area contributed by atoms with Crippen molar-refractivity contribution in [1.82, 2.24) is 10.9 Å². The molecule has 3 N–H and O–H groups in total. The number of hydrogen-bond acceptors (Lipinski definition) is 5. The Morgan fingerprint density at radius 1 is 1.60 bits per heavy atom. The van der Waals surface area contributed by atoms with Crippen LogP contribution in [0.4, 0.5) is 0 Å². The van der Waals surface area contributed by atoms with Gasteiger partial charge in [-0.3, -0.25) is 0 Å². The zero-order valence-corrected chi connectivity index (χ0v) is 6.13. The molecule has 0 aromatic rings. The highest BCUT2D eigenvalue weighted by Crippen LogP contribution is 1.82. The second-order valence-corrected chi connectivity index (χ2v) is 1.83. The standard InChI is InChI=1S/C4H13N3O3/c1-7(9,5-3-8)6-4-10-2/h5-6,8H,3-4H2,1-2H3. The normalized spacial score (nSPS) is 16.8. The van der Waals surface area contributed by atoms with Crippen LogP contribution in [-0.2, 0) is 4.74 Å². The van der Waals surface area contributed by atoms with Gasteiger partial charge in [0.2, 0.25) is 0 Å². The van der Waals surface area contributed by atoms with Crippen molar-refractivity contribution in [1.29, 1.82) is 0 Å². The quantitative estimate of drug-likeness (QED) is 0.253. The number of aliphatic hydroxyl groups excluding tert-OH is 1. The van der Waals surface area contributed by atoms with Crippen LogP contribution >= 0.6 is 0 Å². The molecule has 0 saturated carbocycles. The molecule has 6 nitrogen and oxygen atoms in total. The van der Waals surface area contributed by atoms with Crippen LogP contribution in [0, 0.1) is 5.21 Å². The van der Waals surface area contributed by atoms with Gasteiger partial charge >= 0.3 is 0 Å². The number of quaternary nitrogens is 1. The molecule has 0 amide bonds. The summed E-state index contributed by atoms with van der Waals surface area (Å²) in [6.45, 7) is -0.246. The molecule has 0 aromatic heterocycles. The Hall–Kier alpha value is -0.240. The van der Waals surface area contributed by atoms with Gasteiger partial charge < -0.3 is 15.1 Å². The van der Waals surface area contributed by atoms with E-state index in [1.54, 1.807) is 0 Å². The third-order valence-corrected chi connectivity index (χ3v) is 0.883. The minimum absolute atomic E-state index is 0.132. The van der Waals surface area contributed by atoms with Gasteiger partial charge in [0, 0.05) is 7.11 Å². The minimum Gasteiger partial charge on any atom is -0.592 e. The first-order chi connectivity index (χ1) is 4.62. The summed E-state index contributed by atoms with van der Waals surface area (Å²) in [6.07, 6.45) is 0. The monoisotopic (exact) mass is 151 g/mol. The van der Waals surface area contributed by atoms with E-state index in [0.29, 0.717) is 0 Å². The predicted molar refractivity (Wildman–Crippen MR) is 34.8 cm³/mol. The topological polar surface area (TPSA) is 76.6 Å². The summed E-state index contributed by atoms with van der Waals surface area (Å²) in [6, 6.07) is 0. The van der Waals surface area contributed by atoms with Crippen LogP contribution in [0.15, 0.2) is 0 Å². The highest BCUT2D eigenvalue weighted by Gasteiger charge is 2.05. The van der Waals surface area contributed by atoms with E-state index in [4.69, 9.17) is 5.11 Å². The van der Waals surface area contributed by atoms with Gasteiger partial charge in [-0.1, -0.05) is 0 Å². The maximum absolute atomic E-state index is 10.9. The predicted octanol–water partition coefficient (Wildman–Crippen LogP) is -1.51. The number of rotatable bonds is 5. The van der Waals surface area contributed by atoms with E-state index < -0.39 is 4.86 Å². The fourth-order valence-electron chi connectivity index (χ4n) is 0.379. The number of aliphatic hydroxyl groups is 1. The van der Waals surface area contributed by atoms with Crippen LogP contribution in [0.5, 0.6) is 0 Å². The Kier molecular flexibility index (Phi) is 4.45. The van der Waals surface area contributed by atoms with Crippen LogP contribution in [0.2, 0.25) is 0 Å². The van der Waals surface area contributed by atoms with Crippen molar-refractivity contribution in [3.8, 4) is 0 Å². The van der Waals surface area contributed by atoms with E-state index >= 15 is 0 Å². The molecule has 0 aliphatic carbocycles. The molecule has 1 unspecified atom stereocenters. The number of hydrogen-bond donors (Lipinski definition) is 3. The average molecular weight is 151 g/mol. The van der Waals surface area contributed by atoms with E-state index in [1.165, 1.54) is 14.2 Å². The van der Waals surface area contributed by atoms with Crippen LogP contribution in [0.25, 0.3) is 0 Å². The zero-order chi connectivity index (χ0) is 8.04. The first-order valence-electron chi connectivity index (χ1n) is 2.80. The Morgan fingerprint density at radius 2 is 2.20 bits per heavy atom. The van der Waals surface area contributed by atoms with Crippen molar-refractivity contribution in [2.75, 3.05) is 27.6 Å². The lowest BCUT2D eigenvalue weighted by molar-refractivity contribution is -0.952. The molecule has 0 bridgehead atoms. The molecular formula is C4H13N3O3. The van der Waals surface area contributed by atoms with Gasteiger partial charge in [-0.2, -0.15) is 0 Å². The highest BCUT2D eigenvalue weighted by atomic mass is 16.7. The fourth-order valence-corrected chi connectivity index (χ4v) is 0.379. The molecule has 0 rings (SSSR count). The Labute approximate surface area is 59.5 Å². The van der Waals surface area contributed by atoms with Crippen molar-refractivity contribution in [2.45, 2.75) is 0 Å². The van der Waals surface area contributed by atoms with Gasteiger partial charge in [0.1, 0.15) is 20.5 Å². The number of nitrogens with one attached hydrogen (secondary N) is 2. The smallest absolute Gasteiger partial charge is 0.144 e. The molecule has 62 valence electrons. The molecule has 0 aromatic carbocycles. The molecule has 0 aliphatic heterocycles. The van der Waals surface area contributed by atoms with Crippen molar-refractivity contribution >= 4 is 0 Å². The van der Waals surface area contributed by atoms with Crippen LogP contribution < -0.4 is 10.9 Å². The Balaban J connectivity index is 3.42. The first kappa shape index (κ1) is 9.76. The molecule has 1 atom stereocenters. The second-order valence-electron chi connectivity index (χ2n) is 1.83. The van der Waals surface area contributed by atoms with E-state index in [1.807, 2.05) is 0 Å². The number of methoxy groups -OCH3 is 1. The molecule has 0 fully saturated rings. The zero-order valence-electron chi connectivity index (χ0n) is 6.13. The maximum atomic E-state index is 10.9. The Bertz CT molecular complexity index is 87.8. The van der Waals surface area contributed by atoms with Crippen LogP contribution in [0.1, 0.15) is 0 Å². The first-order valence-corrected chi connectivity index (χ1v) is 2.80. The highest BCUT2D eigenvalue weighted by molar-refractivity contribution is 4.17. The summed E-state index contributed by atoms with van der Waals surface area (Å²) in [5, 5.41) is 19.2. The molecular weight excluding hydrogens is 138 g/mol. The third kappa shape index (κ3) is 4.62. The van der Waals surface area contributed by atoms with Gasteiger partial charge in [-0.15, -0.1) is 10.9 Å². The molecule has 0 spiro atoms. The fraction of sp³-hybridized carbons (Fsp3) is 1.00. The number of hydroxylamine groups is 1. The van der Waals surface area contributed by atoms with Gasteiger partial charge in [0.25, 0.3) is 0 Å². The van der Waals surface area contributed by atoms with E-state index in [0.717, 1.165) is 0 Å². The summed E-state index contributed by atoms with van der Waals surface area (Å²) in [7, 11) is 2.77. The summed E-state index contributed by atoms with van der Waals surface area (Å²) in [5.41, 5.74) is 4.60. The van der Waals surface area contributed by atoms with Crippen molar-refractivity contribution < 1.29 is 14.7 Å². The van der Waals surface area contributed by atoms with Crippen LogP contribution in [-0.4, -0.2) is 37.6 Å². The van der Waals surface area contributed by atoms with Gasteiger partial charge in [0.15, 0.2) is 0 Å². The summed E-state index contributed by atoms with van der Waals surface area (Å²) < 4.78 is 4.58. The molecule has 10 heavy (non-hydrogen) atoms. The SMILES string of the molecule is COCN[N+](C)([O-])NCO. The second kappa shape index (κ2) is 4.56. The maximum Gasteiger partial charge on any atom is 0.144 e. The molecule has 0 heterocycles. The summed E-state index contributed by atoms with van der Waals surface area (Å²) in [4.78, 5) is -0.926. The van der Waals surface area contributed by atoms with Gasteiger partial charge in [0.05, 0.1) is 0 Å². The van der Waals surface area contributed by atoms with Crippen molar-refractivity contribution in [3.63, 3.8) is 0 Å². The molecule has 6 heteroatoms. The molecule has 0 radical (unpaired) electrons. The molecule has 0 saturated heterocycles. The number of nitrogens with zero attached hydrogens (tertiary/aromatic N) is 1. The van der Waals surface area contributed by atoms with Gasteiger partial charge in [-0.25, -0.2) is 4.86 Å². The lowest BCUT2D eigenvalue weighted by Crippen LogP contribution is -2.60. The van der Waals surface area contributed by atoms with Crippen LogP contribution in [0.3, 0.4) is 0 Å². The summed E-state index contributed by atoms with van der Waals surface area (Å²) in [5.74, 6) is 0. The molecule has 0 aliphatic rings. The van der Waals surface area contributed by atoms with E-state index in [9.17, 15) is 5.21 Å². The number of ether oxygens (including phenoxy) is 1. The van der Waals surface area contributed by atoms with E-state index in [-0.39, 0.29) is 13.5 Å². The van der Waals surface area contributed by atoms with Crippen molar-refractivity contribution in [2.24, 2.45) is 0 Å². The third-order valence-electron chi connectivity index (χ3n) is 0.883. The van der Waals surface area contributed by atoms with E-state index in [2.05, 4.69) is 15.6 Å². The summed E-state index contributed by atoms with van der Waals surface area (Å²) >= 11 is 0. The lowest BCUT2D eigenvalue weighted by atomic mass is 11.1. The largest absolute Gasteiger partial charge is 0.592 e. The average Bonchev–Trinajstić information content (AvgIpc) is 1.84.